The molecule has 1 aliphatic rings. The molecule has 0 saturated heterocycles. The van der Waals surface area contributed by atoms with Gasteiger partial charge in [0.2, 0.25) is 6.79 Å². The topological polar surface area (TPSA) is 38.7 Å². The molecule has 82 valence electrons. The van der Waals surface area contributed by atoms with Crippen LogP contribution in [0.5, 0.6) is 11.5 Å². The third-order valence-electron chi connectivity index (χ3n) is 2.53. The molecule has 1 aromatic rings. The Kier molecular flexibility index (Phi) is 3.03. The van der Waals surface area contributed by atoms with Crippen molar-refractivity contribution in [2.75, 3.05) is 13.4 Å². The van der Waals surface area contributed by atoms with E-state index in [4.69, 9.17) is 26.2 Å². The molecular formula is C11H13ClO3. The lowest BCUT2D eigenvalue weighted by Gasteiger charge is -2.11. The van der Waals surface area contributed by atoms with E-state index in [-0.39, 0.29) is 13.4 Å². The normalized spacial score (nSPS) is 13.3. The summed E-state index contributed by atoms with van der Waals surface area (Å²) < 4.78 is 10.7. The summed E-state index contributed by atoms with van der Waals surface area (Å²) in [6.07, 6.45) is 1.44. The highest BCUT2D eigenvalue weighted by Gasteiger charge is 2.23. The van der Waals surface area contributed by atoms with Crippen LogP contribution in [0.1, 0.15) is 18.1 Å². The number of hydrogen-bond donors (Lipinski definition) is 1. The predicted molar refractivity (Wildman–Crippen MR) is 57.7 cm³/mol. The fourth-order valence-corrected chi connectivity index (χ4v) is 2.13. The van der Waals surface area contributed by atoms with E-state index in [1.54, 1.807) is 0 Å². The summed E-state index contributed by atoms with van der Waals surface area (Å²) in [4.78, 5) is 0. The number of benzene rings is 1. The minimum atomic E-state index is 0.114. The monoisotopic (exact) mass is 228 g/mol. The van der Waals surface area contributed by atoms with Crippen molar-refractivity contribution in [1.82, 2.24) is 0 Å². The average molecular weight is 229 g/mol. The van der Waals surface area contributed by atoms with Crippen molar-refractivity contribution < 1.29 is 14.6 Å². The van der Waals surface area contributed by atoms with Gasteiger partial charge in [-0.05, 0) is 24.5 Å². The lowest BCUT2D eigenvalue weighted by Crippen LogP contribution is -1.99. The van der Waals surface area contributed by atoms with E-state index >= 15 is 0 Å². The molecule has 1 heterocycles. The van der Waals surface area contributed by atoms with Crippen LogP contribution in [0.4, 0.5) is 0 Å². The Morgan fingerprint density at radius 2 is 2.13 bits per heavy atom. The van der Waals surface area contributed by atoms with E-state index in [1.807, 2.05) is 13.0 Å². The molecule has 0 atom stereocenters. The Balaban J connectivity index is 2.52. The quantitative estimate of drug-likeness (QED) is 0.862. The average Bonchev–Trinajstić information content (AvgIpc) is 2.68. The molecule has 4 heteroatoms. The van der Waals surface area contributed by atoms with Gasteiger partial charge in [0.05, 0.1) is 5.02 Å². The van der Waals surface area contributed by atoms with Crippen molar-refractivity contribution >= 4 is 11.6 Å². The summed E-state index contributed by atoms with van der Waals surface area (Å²) >= 11 is 6.05. The Morgan fingerprint density at radius 1 is 1.40 bits per heavy atom. The van der Waals surface area contributed by atoms with E-state index < -0.39 is 0 Å². The summed E-state index contributed by atoms with van der Waals surface area (Å²) in [5, 5.41) is 9.52. The molecule has 0 amide bonds. The fourth-order valence-electron chi connectivity index (χ4n) is 1.86. The van der Waals surface area contributed by atoms with Crippen molar-refractivity contribution in [1.29, 1.82) is 0 Å². The highest BCUT2D eigenvalue weighted by molar-refractivity contribution is 6.32. The summed E-state index contributed by atoms with van der Waals surface area (Å²) in [7, 11) is 0. The number of aliphatic hydroxyl groups is 1. The van der Waals surface area contributed by atoms with Gasteiger partial charge in [-0.3, -0.25) is 0 Å². The van der Waals surface area contributed by atoms with E-state index in [2.05, 4.69) is 0 Å². The van der Waals surface area contributed by atoms with E-state index in [0.717, 1.165) is 23.3 Å². The van der Waals surface area contributed by atoms with E-state index in [9.17, 15) is 0 Å². The molecule has 0 aromatic heterocycles. The van der Waals surface area contributed by atoms with Gasteiger partial charge >= 0.3 is 0 Å². The van der Waals surface area contributed by atoms with Gasteiger partial charge in [0.1, 0.15) is 0 Å². The minimum absolute atomic E-state index is 0.114. The molecule has 0 fully saturated rings. The van der Waals surface area contributed by atoms with Crippen LogP contribution in [0.2, 0.25) is 5.02 Å². The van der Waals surface area contributed by atoms with Crippen molar-refractivity contribution in [3.63, 3.8) is 0 Å². The first kappa shape index (κ1) is 10.6. The van der Waals surface area contributed by atoms with Crippen LogP contribution in [-0.2, 0) is 12.8 Å². The Bertz CT molecular complexity index is 377. The fraction of sp³-hybridized carbons (Fsp3) is 0.455. The van der Waals surface area contributed by atoms with Gasteiger partial charge in [0.15, 0.2) is 11.5 Å². The maximum atomic E-state index is 8.96. The Morgan fingerprint density at radius 3 is 2.80 bits per heavy atom. The van der Waals surface area contributed by atoms with E-state index in [1.165, 1.54) is 0 Å². The third-order valence-corrected chi connectivity index (χ3v) is 2.81. The Labute approximate surface area is 93.6 Å². The van der Waals surface area contributed by atoms with Crippen molar-refractivity contribution in [2.24, 2.45) is 0 Å². The summed E-state index contributed by atoms with van der Waals surface area (Å²) in [6, 6.07) is 1.85. The predicted octanol–water partition coefficient (Wildman–Crippen LogP) is 2.17. The van der Waals surface area contributed by atoms with Gasteiger partial charge in [-0.25, -0.2) is 0 Å². The van der Waals surface area contributed by atoms with Crippen LogP contribution < -0.4 is 9.47 Å². The third kappa shape index (κ3) is 1.77. The molecule has 0 aliphatic carbocycles. The summed E-state index contributed by atoms with van der Waals surface area (Å²) in [5.74, 6) is 1.38. The number of aliphatic hydroxyl groups excluding tert-OH is 1. The SMILES string of the molecule is CCc1c(CCO)cc(Cl)c2c1OCO2. The molecule has 1 aliphatic heterocycles. The zero-order chi connectivity index (χ0) is 10.8. The number of halogens is 1. The number of hydrogen-bond acceptors (Lipinski definition) is 3. The van der Waals surface area contributed by atoms with Crippen LogP contribution in [-0.4, -0.2) is 18.5 Å². The van der Waals surface area contributed by atoms with Crippen LogP contribution in [0.25, 0.3) is 0 Å². The first-order valence-electron chi connectivity index (χ1n) is 4.98. The highest BCUT2D eigenvalue weighted by atomic mass is 35.5. The lowest BCUT2D eigenvalue weighted by molar-refractivity contribution is 0.173. The second kappa shape index (κ2) is 4.29. The first-order chi connectivity index (χ1) is 7.27. The number of rotatable bonds is 3. The van der Waals surface area contributed by atoms with Crippen LogP contribution >= 0.6 is 11.6 Å². The van der Waals surface area contributed by atoms with Crippen molar-refractivity contribution in [3.8, 4) is 11.5 Å². The van der Waals surface area contributed by atoms with Gasteiger partial charge in [-0.15, -0.1) is 0 Å². The second-order valence-corrected chi connectivity index (χ2v) is 3.80. The van der Waals surface area contributed by atoms with Gasteiger partial charge < -0.3 is 14.6 Å². The van der Waals surface area contributed by atoms with Gasteiger partial charge in [-0.2, -0.15) is 0 Å². The summed E-state index contributed by atoms with van der Waals surface area (Å²) in [6.45, 7) is 2.39. The zero-order valence-corrected chi connectivity index (χ0v) is 9.30. The van der Waals surface area contributed by atoms with Crippen molar-refractivity contribution in [3.05, 3.63) is 22.2 Å². The molecule has 1 N–H and O–H groups in total. The molecule has 2 rings (SSSR count). The molecule has 0 unspecified atom stereocenters. The first-order valence-corrected chi connectivity index (χ1v) is 5.36. The molecule has 0 spiro atoms. The molecular weight excluding hydrogens is 216 g/mol. The van der Waals surface area contributed by atoms with Crippen LogP contribution in [0, 0.1) is 0 Å². The molecule has 3 nitrogen and oxygen atoms in total. The van der Waals surface area contributed by atoms with Gasteiger partial charge in [-0.1, -0.05) is 18.5 Å². The zero-order valence-electron chi connectivity index (χ0n) is 8.55. The Hall–Kier alpha value is -0.930. The second-order valence-electron chi connectivity index (χ2n) is 3.39. The van der Waals surface area contributed by atoms with Crippen LogP contribution in [0.15, 0.2) is 6.07 Å². The largest absolute Gasteiger partial charge is 0.453 e. The van der Waals surface area contributed by atoms with Gasteiger partial charge in [0.25, 0.3) is 0 Å². The molecule has 0 radical (unpaired) electrons. The van der Waals surface area contributed by atoms with E-state index in [0.29, 0.717) is 17.2 Å². The number of fused-ring (bicyclic) bond motifs is 1. The van der Waals surface area contributed by atoms with Crippen molar-refractivity contribution in [2.45, 2.75) is 19.8 Å². The summed E-state index contributed by atoms with van der Waals surface area (Å²) in [5.41, 5.74) is 2.12. The maximum Gasteiger partial charge on any atom is 0.231 e. The van der Waals surface area contributed by atoms with Crippen LogP contribution in [0.3, 0.4) is 0 Å². The molecule has 15 heavy (non-hydrogen) atoms. The molecule has 0 bridgehead atoms. The standard InChI is InChI=1S/C11H13ClO3/c1-2-8-7(3-4-13)5-9(12)11-10(8)14-6-15-11/h5,13H,2-4,6H2,1H3. The maximum absolute atomic E-state index is 8.96. The highest BCUT2D eigenvalue weighted by Crippen LogP contribution is 2.43. The number of ether oxygens (including phenoxy) is 2. The lowest BCUT2D eigenvalue weighted by atomic mass is 10.0. The minimum Gasteiger partial charge on any atom is -0.453 e. The molecule has 0 saturated carbocycles. The van der Waals surface area contributed by atoms with Gasteiger partial charge in [0, 0.05) is 12.2 Å². The smallest absolute Gasteiger partial charge is 0.231 e. The molecule has 1 aromatic carbocycles.